The number of aromatic nitrogens is 3. The highest BCUT2D eigenvalue weighted by molar-refractivity contribution is 5.92. The predicted molar refractivity (Wildman–Crippen MR) is 132 cm³/mol. The molecule has 7 nitrogen and oxygen atoms in total. The molecular formula is C27H29N5O2. The highest BCUT2D eigenvalue weighted by atomic mass is 16.2. The maximum atomic E-state index is 13.4. The number of para-hydroxylation sites is 2. The van der Waals surface area contributed by atoms with E-state index >= 15 is 0 Å². The predicted octanol–water partition coefficient (Wildman–Crippen LogP) is 3.84. The number of amides is 2. The molecule has 7 heteroatoms. The van der Waals surface area contributed by atoms with Crippen LogP contribution in [0.15, 0.2) is 79.0 Å². The zero-order chi connectivity index (χ0) is 23.9. The highest BCUT2D eigenvalue weighted by Gasteiger charge is 2.21. The molecular weight excluding hydrogens is 426 g/mol. The molecule has 0 radical (unpaired) electrons. The van der Waals surface area contributed by atoms with E-state index < -0.39 is 0 Å². The zero-order valence-corrected chi connectivity index (χ0v) is 19.5. The molecule has 174 valence electrons. The lowest BCUT2D eigenvalue weighted by Crippen LogP contribution is -2.39. The molecule has 0 aliphatic carbocycles. The number of pyridine rings is 1. The molecule has 0 bridgehead atoms. The van der Waals surface area contributed by atoms with E-state index in [9.17, 15) is 9.59 Å². The fraction of sp³-hybridized carbons (Fsp3) is 0.259. The van der Waals surface area contributed by atoms with Gasteiger partial charge >= 0.3 is 0 Å². The highest BCUT2D eigenvalue weighted by Crippen LogP contribution is 2.18. The maximum Gasteiger partial charge on any atom is 0.269 e. The minimum Gasteiger partial charge on any atom is -0.350 e. The van der Waals surface area contributed by atoms with Crippen LogP contribution in [0.5, 0.6) is 0 Å². The summed E-state index contributed by atoms with van der Waals surface area (Å²) in [5.74, 6) is 0.563. The van der Waals surface area contributed by atoms with Crippen molar-refractivity contribution in [2.75, 3.05) is 6.54 Å². The van der Waals surface area contributed by atoms with Crippen molar-refractivity contribution in [1.29, 1.82) is 0 Å². The van der Waals surface area contributed by atoms with Gasteiger partial charge in [0.2, 0.25) is 5.91 Å². The van der Waals surface area contributed by atoms with Crippen molar-refractivity contribution >= 4 is 22.8 Å². The van der Waals surface area contributed by atoms with Gasteiger partial charge in [-0.25, -0.2) is 4.98 Å². The van der Waals surface area contributed by atoms with E-state index in [1.165, 1.54) is 0 Å². The van der Waals surface area contributed by atoms with Crippen LogP contribution in [0.1, 0.15) is 35.7 Å². The van der Waals surface area contributed by atoms with Gasteiger partial charge in [0.05, 0.1) is 11.0 Å². The summed E-state index contributed by atoms with van der Waals surface area (Å²) in [6, 6.07) is 23.1. The Morgan fingerprint density at radius 3 is 2.44 bits per heavy atom. The molecule has 4 aromatic rings. The van der Waals surface area contributed by atoms with Gasteiger partial charge in [0, 0.05) is 31.7 Å². The van der Waals surface area contributed by atoms with Gasteiger partial charge in [-0.15, -0.1) is 0 Å². The van der Waals surface area contributed by atoms with E-state index in [0.29, 0.717) is 25.2 Å². The normalized spacial score (nSPS) is 11.0. The zero-order valence-electron chi connectivity index (χ0n) is 19.5. The molecule has 0 aliphatic heterocycles. The Balaban J connectivity index is 1.51. The molecule has 0 saturated heterocycles. The van der Waals surface area contributed by atoms with Crippen molar-refractivity contribution in [3.05, 3.63) is 96.1 Å². The van der Waals surface area contributed by atoms with Crippen LogP contribution < -0.4 is 5.32 Å². The maximum absolute atomic E-state index is 13.4. The summed E-state index contributed by atoms with van der Waals surface area (Å²) in [6.07, 6.45) is 2.09. The van der Waals surface area contributed by atoms with Crippen LogP contribution in [-0.4, -0.2) is 43.8 Å². The van der Waals surface area contributed by atoms with Crippen molar-refractivity contribution in [2.45, 2.75) is 39.4 Å². The molecule has 0 aliphatic rings. The molecule has 0 fully saturated rings. The quantitative estimate of drug-likeness (QED) is 0.416. The Morgan fingerprint density at radius 2 is 1.71 bits per heavy atom. The minimum atomic E-state index is -0.229. The molecule has 0 saturated carbocycles. The van der Waals surface area contributed by atoms with E-state index in [1.807, 2.05) is 77.9 Å². The van der Waals surface area contributed by atoms with Gasteiger partial charge in [-0.05, 0) is 43.7 Å². The molecule has 1 N–H and O–H groups in total. The number of hydrogen-bond acceptors (Lipinski definition) is 4. The summed E-state index contributed by atoms with van der Waals surface area (Å²) in [6.45, 7) is 5.20. The topological polar surface area (TPSA) is 80.1 Å². The molecule has 2 aromatic carbocycles. The van der Waals surface area contributed by atoms with Crippen molar-refractivity contribution in [3.63, 3.8) is 0 Å². The van der Waals surface area contributed by atoms with Crippen molar-refractivity contribution < 1.29 is 9.59 Å². The van der Waals surface area contributed by atoms with Crippen molar-refractivity contribution in [3.8, 4) is 0 Å². The van der Waals surface area contributed by atoms with E-state index in [-0.39, 0.29) is 24.4 Å². The number of nitrogens with one attached hydrogen (secondary N) is 1. The van der Waals surface area contributed by atoms with Gasteiger partial charge in [0.15, 0.2) is 0 Å². The van der Waals surface area contributed by atoms with Crippen LogP contribution in [0.4, 0.5) is 0 Å². The number of rotatable bonds is 9. The number of fused-ring (bicyclic) bond motifs is 1. The van der Waals surface area contributed by atoms with Gasteiger partial charge < -0.3 is 14.8 Å². The third-order valence-corrected chi connectivity index (χ3v) is 5.70. The first-order valence-electron chi connectivity index (χ1n) is 11.5. The fourth-order valence-electron chi connectivity index (χ4n) is 3.93. The second-order valence-corrected chi connectivity index (χ2v) is 8.42. The molecule has 0 atom stereocenters. The van der Waals surface area contributed by atoms with Crippen LogP contribution in [-0.2, 0) is 24.3 Å². The van der Waals surface area contributed by atoms with Crippen LogP contribution in [0.3, 0.4) is 0 Å². The summed E-state index contributed by atoms with van der Waals surface area (Å²) in [4.78, 5) is 36.5. The van der Waals surface area contributed by atoms with Crippen LogP contribution in [0.25, 0.3) is 11.0 Å². The van der Waals surface area contributed by atoms with Gasteiger partial charge in [-0.1, -0.05) is 48.5 Å². The monoisotopic (exact) mass is 455 g/mol. The first kappa shape index (κ1) is 23.2. The van der Waals surface area contributed by atoms with Crippen LogP contribution >= 0.6 is 0 Å². The van der Waals surface area contributed by atoms with E-state index in [0.717, 1.165) is 22.4 Å². The first-order chi connectivity index (χ1) is 16.5. The Hall–Kier alpha value is -4.00. The molecule has 2 heterocycles. The lowest BCUT2D eigenvalue weighted by atomic mass is 10.2. The average Bonchev–Trinajstić information content (AvgIpc) is 3.20. The SMILES string of the molecule is CC(C)N(Cc1ccccc1)C(=O)Cn1c(CCNC(=O)c2ccccn2)nc2ccccc21. The lowest BCUT2D eigenvalue weighted by molar-refractivity contribution is -0.134. The number of carbonyl (C=O) groups excluding carboxylic acids is 2. The van der Waals surface area contributed by atoms with Crippen molar-refractivity contribution in [2.24, 2.45) is 0 Å². The molecule has 2 amide bonds. The molecule has 0 unspecified atom stereocenters. The molecule has 0 spiro atoms. The summed E-state index contributed by atoms with van der Waals surface area (Å²) >= 11 is 0. The standard InChI is InChI=1S/C27H29N5O2/c1-20(2)31(18-21-10-4-3-5-11-21)26(33)19-32-24-14-7-6-12-22(24)30-25(32)15-17-29-27(34)23-13-8-9-16-28-23/h3-14,16,20H,15,17-19H2,1-2H3,(H,29,34). The number of imidazole rings is 1. The number of carbonyl (C=O) groups is 2. The van der Waals surface area contributed by atoms with E-state index in [2.05, 4.69) is 10.3 Å². The first-order valence-corrected chi connectivity index (χ1v) is 11.5. The van der Waals surface area contributed by atoms with Gasteiger partial charge in [-0.2, -0.15) is 0 Å². The summed E-state index contributed by atoms with van der Waals surface area (Å²) in [7, 11) is 0. The Morgan fingerprint density at radius 1 is 0.971 bits per heavy atom. The molecule has 34 heavy (non-hydrogen) atoms. The summed E-state index contributed by atoms with van der Waals surface area (Å²) < 4.78 is 1.96. The summed E-state index contributed by atoms with van der Waals surface area (Å²) in [5.41, 5.74) is 3.21. The second kappa shape index (κ2) is 10.7. The second-order valence-electron chi connectivity index (χ2n) is 8.42. The largest absolute Gasteiger partial charge is 0.350 e. The van der Waals surface area contributed by atoms with Gasteiger partial charge in [0.1, 0.15) is 18.1 Å². The number of nitrogens with zero attached hydrogens (tertiary/aromatic N) is 4. The average molecular weight is 456 g/mol. The van der Waals surface area contributed by atoms with Crippen LogP contribution in [0, 0.1) is 0 Å². The lowest BCUT2D eigenvalue weighted by Gasteiger charge is -2.27. The van der Waals surface area contributed by atoms with Crippen LogP contribution in [0.2, 0.25) is 0 Å². The van der Waals surface area contributed by atoms with Crippen molar-refractivity contribution in [1.82, 2.24) is 24.8 Å². The number of hydrogen-bond donors (Lipinski definition) is 1. The third-order valence-electron chi connectivity index (χ3n) is 5.70. The minimum absolute atomic E-state index is 0.0285. The molecule has 2 aromatic heterocycles. The molecule has 4 rings (SSSR count). The van der Waals surface area contributed by atoms with E-state index in [1.54, 1.807) is 24.4 Å². The third kappa shape index (κ3) is 5.49. The smallest absolute Gasteiger partial charge is 0.269 e. The summed E-state index contributed by atoms with van der Waals surface area (Å²) in [5, 5.41) is 2.90. The van der Waals surface area contributed by atoms with Gasteiger partial charge in [-0.3, -0.25) is 14.6 Å². The van der Waals surface area contributed by atoms with E-state index in [4.69, 9.17) is 4.98 Å². The fourth-order valence-corrected chi connectivity index (χ4v) is 3.93. The Kier molecular flexibility index (Phi) is 7.32. The Labute approximate surface area is 199 Å². The Bertz CT molecular complexity index is 1250. The number of benzene rings is 2. The van der Waals surface area contributed by atoms with Gasteiger partial charge in [0.25, 0.3) is 5.91 Å².